The van der Waals surface area contributed by atoms with Gasteiger partial charge in [-0.05, 0) is 18.1 Å². The lowest BCUT2D eigenvalue weighted by molar-refractivity contribution is -0.151. The summed E-state index contributed by atoms with van der Waals surface area (Å²) >= 11 is 0. The Kier molecular flexibility index (Phi) is 3.50. The number of carbonyl (C=O) groups is 2. The summed E-state index contributed by atoms with van der Waals surface area (Å²) in [6.45, 7) is 4.04. The lowest BCUT2D eigenvalue weighted by Gasteiger charge is -2.40. The Morgan fingerprint density at radius 1 is 1.32 bits per heavy atom. The van der Waals surface area contributed by atoms with Crippen LogP contribution in [0, 0.1) is 0 Å². The molecule has 0 saturated carbocycles. The maximum atomic E-state index is 12.5. The monoisotopic (exact) mass is 266 g/mol. The highest BCUT2D eigenvalue weighted by Crippen LogP contribution is 2.22. The minimum atomic E-state index is -0.794. The summed E-state index contributed by atoms with van der Waals surface area (Å²) in [4.78, 5) is 27.1. The quantitative estimate of drug-likeness (QED) is 0.772. The van der Waals surface area contributed by atoms with Crippen molar-refractivity contribution in [2.45, 2.75) is 38.8 Å². The second-order valence-corrected chi connectivity index (χ2v) is 4.69. The van der Waals surface area contributed by atoms with E-state index in [0.717, 1.165) is 0 Å². The number of piperazine rings is 1. The summed E-state index contributed by atoms with van der Waals surface area (Å²) in [5.74, 6) is 0.211. The Hall–Kier alpha value is -1.99. The number of carbonyl (C=O) groups excluding carboxylic acids is 2. The van der Waals surface area contributed by atoms with E-state index < -0.39 is 5.54 Å². The third kappa shape index (κ3) is 2.42. The number of nitrogens with one attached hydrogen (secondary N) is 1. The van der Waals surface area contributed by atoms with E-state index in [-0.39, 0.29) is 24.9 Å². The van der Waals surface area contributed by atoms with Gasteiger partial charge in [0.15, 0.2) is 5.82 Å². The van der Waals surface area contributed by atoms with Gasteiger partial charge in [-0.15, -0.1) is 10.2 Å². The van der Waals surface area contributed by atoms with Gasteiger partial charge in [0.2, 0.25) is 11.8 Å². The van der Waals surface area contributed by atoms with Crippen LogP contribution in [0.3, 0.4) is 0 Å². The molecule has 8 heteroatoms. The summed E-state index contributed by atoms with van der Waals surface area (Å²) < 4.78 is 0. The van der Waals surface area contributed by atoms with Crippen LogP contribution in [0.25, 0.3) is 0 Å². The Labute approximate surface area is 111 Å². The molecule has 8 nitrogen and oxygen atoms in total. The molecular formula is C11H18N6O2. The normalized spacial score (nSPS) is 18.6. The molecule has 1 saturated heterocycles. The van der Waals surface area contributed by atoms with Crippen LogP contribution < -0.4 is 5.32 Å². The standard InChI is InChI=1S/C11H18N6O2/c1-4-11(5-2)10(19)17(7-9(18)12-11)6-8-13-15-16(3)14-8/h4-7H2,1-3H3,(H,12,18). The Bertz CT molecular complexity index is 493. The molecule has 19 heavy (non-hydrogen) atoms. The van der Waals surface area contributed by atoms with E-state index in [1.165, 1.54) is 9.70 Å². The molecule has 0 aromatic carbocycles. The summed E-state index contributed by atoms with van der Waals surface area (Å²) in [6.07, 6.45) is 1.14. The number of tetrazole rings is 1. The van der Waals surface area contributed by atoms with Gasteiger partial charge in [-0.3, -0.25) is 9.59 Å². The summed E-state index contributed by atoms with van der Waals surface area (Å²) in [7, 11) is 1.66. The molecule has 0 unspecified atom stereocenters. The van der Waals surface area contributed by atoms with Gasteiger partial charge in [0.25, 0.3) is 0 Å². The van der Waals surface area contributed by atoms with E-state index in [1.54, 1.807) is 7.05 Å². The van der Waals surface area contributed by atoms with Crippen molar-refractivity contribution in [3.63, 3.8) is 0 Å². The van der Waals surface area contributed by atoms with Gasteiger partial charge in [0.1, 0.15) is 12.1 Å². The van der Waals surface area contributed by atoms with Crippen LogP contribution in [0.1, 0.15) is 32.5 Å². The van der Waals surface area contributed by atoms with Crippen LogP contribution >= 0.6 is 0 Å². The SMILES string of the molecule is CCC1(CC)NC(=O)CN(Cc2nnn(C)n2)C1=O. The van der Waals surface area contributed by atoms with Crippen molar-refractivity contribution in [3.05, 3.63) is 5.82 Å². The summed E-state index contributed by atoms with van der Waals surface area (Å²) in [5.41, 5.74) is -0.794. The predicted octanol–water partition coefficient (Wildman–Crippen LogP) is -0.773. The second kappa shape index (κ2) is 4.94. The van der Waals surface area contributed by atoms with Crippen LogP contribution in [0.2, 0.25) is 0 Å². The molecule has 1 aliphatic rings. The first-order valence-electron chi connectivity index (χ1n) is 6.34. The van der Waals surface area contributed by atoms with Crippen molar-refractivity contribution < 1.29 is 9.59 Å². The molecular weight excluding hydrogens is 248 g/mol. The van der Waals surface area contributed by atoms with Gasteiger partial charge in [-0.1, -0.05) is 13.8 Å². The first-order chi connectivity index (χ1) is 9.00. The van der Waals surface area contributed by atoms with E-state index in [1.807, 2.05) is 13.8 Å². The zero-order chi connectivity index (χ0) is 14.0. The van der Waals surface area contributed by atoms with Crippen molar-refractivity contribution in [1.82, 2.24) is 30.4 Å². The van der Waals surface area contributed by atoms with Crippen molar-refractivity contribution in [1.29, 1.82) is 0 Å². The van der Waals surface area contributed by atoms with Gasteiger partial charge in [0.05, 0.1) is 13.6 Å². The number of aryl methyl sites for hydroxylation is 1. The van der Waals surface area contributed by atoms with Crippen LogP contribution in [0.4, 0.5) is 0 Å². The Morgan fingerprint density at radius 3 is 2.53 bits per heavy atom. The van der Waals surface area contributed by atoms with Crippen molar-refractivity contribution in [3.8, 4) is 0 Å². The molecule has 0 radical (unpaired) electrons. The molecule has 0 bridgehead atoms. The molecule has 2 heterocycles. The molecule has 1 aromatic heterocycles. The third-order valence-corrected chi connectivity index (χ3v) is 3.50. The van der Waals surface area contributed by atoms with Crippen LogP contribution in [-0.4, -0.2) is 49.0 Å². The maximum absolute atomic E-state index is 12.5. The van der Waals surface area contributed by atoms with Gasteiger partial charge < -0.3 is 10.2 Å². The van der Waals surface area contributed by atoms with Gasteiger partial charge in [-0.2, -0.15) is 4.80 Å². The number of aromatic nitrogens is 4. The lowest BCUT2D eigenvalue weighted by atomic mass is 9.89. The molecule has 1 aliphatic heterocycles. The smallest absolute Gasteiger partial charge is 0.249 e. The second-order valence-electron chi connectivity index (χ2n) is 4.69. The highest BCUT2D eigenvalue weighted by atomic mass is 16.2. The largest absolute Gasteiger partial charge is 0.340 e. The molecule has 1 N–H and O–H groups in total. The molecule has 1 aromatic rings. The minimum Gasteiger partial charge on any atom is -0.340 e. The van der Waals surface area contributed by atoms with Crippen molar-refractivity contribution in [2.75, 3.05) is 6.54 Å². The average Bonchev–Trinajstić information content (AvgIpc) is 2.79. The van der Waals surface area contributed by atoms with E-state index in [2.05, 4.69) is 20.7 Å². The molecule has 1 fully saturated rings. The molecule has 0 spiro atoms. The van der Waals surface area contributed by atoms with Gasteiger partial charge in [-0.25, -0.2) is 0 Å². The molecule has 0 aliphatic carbocycles. The fraction of sp³-hybridized carbons (Fsp3) is 0.727. The average molecular weight is 266 g/mol. The van der Waals surface area contributed by atoms with E-state index in [9.17, 15) is 9.59 Å². The highest BCUT2D eigenvalue weighted by Gasteiger charge is 2.44. The van der Waals surface area contributed by atoms with Crippen LogP contribution in [0.5, 0.6) is 0 Å². The zero-order valence-electron chi connectivity index (χ0n) is 11.4. The van der Waals surface area contributed by atoms with Crippen LogP contribution in [0.15, 0.2) is 0 Å². The van der Waals surface area contributed by atoms with Gasteiger partial charge >= 0.3 is 0 Å². The molecule has 2 rings (SSSR count). The lowest BCUT2D eigenvalue weighted by Crippen LogP contribution is -2.65. The number of nitrogens with zero attached hydrogens (tertiary/aromatic N) is 5. The molecule has 2 amide bonds. The fourth-order valence-electron chi connectivity index (χ4n) is 2.32. The van der Waals surface area contributed by atoms with Crippen molar-refractivity contribution >= 4 is 11.8 Å². The Morgan fingerprint density at radius 2 is 2.00 bits per heavy atom. The topological polar surface area (TPSA) is 93.0 Å². The minimum absolute atomic E-state index is 0.0405. The summed E-state index contributed by atoms with van der Waals surface area (Å²) in [6, 6.07) is 0. The van der Waals surface area contributed by atoms with E-state index in [4.69, 9.17) is 0 Å². The Balaban J connectivity index is 2.20. The predicted molar refractivity (Wildman–Crippen MR) is 65.7 cm³/mol. The number of rotatable bonds is 4. The number of hydrogen-bond donors (Lipinski definition) is 1. The first kappa shape index (κ1) is 13.4. The van der Waals surface area contributed by atoms with Gasteiger partial charge in [0, 0.05) is 0 Å². The van der Waals surface area contributed by atoms with Crippen molar-refractivity contribution in [2.24, 2.45) is 7.05 Å². The zero-order valence-corrected chi connectivity index (χ0v) is 11.4. The third-order valence-electron chi connectivity index (χ3n) is 3.50. The summed E-state index contributed by atoms with van der Waals surface area (Å²) in [5, 5.41) is 14.4. The fourth-order valence-corrected chi connectivity index (χ4v) is 2.32. The molecule has 104 valence electrons. The number of hydrogen-bond acceptors (Lipinski definition) is 5. The number of amides is 2. The van der Waals surface area contributed by atoms with E-state index >= 15 is 0 Å². The van der Waals surface area contributed by atoms with Crippen LogP contribution in [-0.2, 0) is 23.2 Å². The van der Waals surface area contributed by atoms with E-state index in [0.29, 0.717) is 18.7 Å². The molecule has 0 atom stereocenters. The highest BCUT2D eigenvalue weighted by molar-refractivity contribution is 5.97. The first-order valence-corrected chi connectivity index (χ1v) is 6.34. The maximum Gasteiger partial charge on any atom is 0.249 e.